The number of likely N-dealkylation sites (tertiary alicyclic amines) is 1. The van der Waals surface area contributed by atoms with Crippen molar-refractivity contribution in [2.45, 2.75) is 50.3 Å². The number of carbonyl (C=O) groups excluding carboxylic acids is 1. The summed E-state index contributed by atoms with van der Waals surface area (Å²) in [6, 6.07) is 10.5. The van der Waals surface area contributed by atoms with E-state index in [1.54, 1.807) is 7.11 Å². The van der Waals surface area contributed by atoms with Crippen LogP contribution in [0.3, 0.4) is 0 Å². The zero-order valence-electron chi connectivity index (χ0n) is 23.1. The van der Waals surface area contributed by atoms with Gasteiger partial charge in [0.25, 0.3) is 5.91 Å². The summed E-state index contributed by atoms with van der Waals surface area (Å²) in [4.78, 5) is 22.6. The lowest BCUT2D eigenvalue weighted by Crippen LogP contribution is -2.46. The first-order valence-corrected chi connectivity index (χ1v) is 14.4. The predicted molar refractivity (Wildman–Crippen MR) is 155 cm³/mol. The van der Waals surface area contributed by atoms with E-state index in [9.17, 15) is 9.90 Å². The van der Waals surface area contributed by atoms with Crippen molar-refractivity contribution in [2.24, 2.45) is 5.73 Å². The second-order valence-corrected chi connectivity index (χ2v) is 11.1. The highest BCUT2D eigenvalue weighted by Crippen LogP contribution is 2.44. The molecule has 0 aliphatic carbocycles. The van der Waals surface area contributed by atoms with E-state index in [-0.39, 0.29) is 5.56 Å². The standard InChI is InChI=1S/C30H39N7O3/c1-40-28-25(21-17-33-37(18-21)23-9-14-35(15-10-23)22-7-12-32-13-8-22)30(36-16-11-24(38)19-36)34-27(26(28)29(31)39)20-5-3-2-4-6-20/h2-6,17-18,22-24,32,38H,7-16,19H2,1H3,(H2,31,39)/t24-/m1/s1. The number of aliphatic hydroxyl groups excluding tert-OH is 1. The topological polar surface area (TPSA) is 122 Å². The number of nitrogens with zero attached hydrogens (tertiary/aromatic N) is 5. The third kappa shape index (κ3) is 5.18. The molecule has 10 heteroatoms. The van der Waals surface area contributed by atoms with Crippen LogP contribution in [0.5, 0.6) is 5.75 Å². The summed E-state index contributed by atoms with van der Waals surface area (Å²) in [6.07, 6.45) is 8.63. The van der Waals surface area contributed by atoms with Crippen molar-refractivity contribution in [3.63, 3.8) is 0 Å². The van der Waals surface area contributed by atoms with Crippen LogP contribution in [0.25, 0.3) is 22.4 Å². The van der Waals surface area contributed by atoms with Gasteiger partial charge in [-0.1, -0.05) is 30.3 Å². The van der Waals surface area contributed by atoms with Crippen molar-refractivity contribution in [3.05, 3.63) is 48.3 Å². The fourth-order valence-electron chi connectivity index (χ4n) is 6.57. The van der Waals surface area contributed by atoms with E-state index in [0.717, 1.165) is 50.1 Å². The number of pyridine rings is 1. The number of primary amides is 1. The lowest BCUT2D eigenvalue weighted by molar-refractivity contribution is 0.0997. The van der Waals surface area contributed by atoms with Crippen LogP contribution in [0.4, 0.5) is 5.82 Å². The third-order valence-corrected chi connectivity index (χ3v) is 8.68. The zero-order chi connectivity index (χ0) is 27.6. The van der Waals surface area contributed by atoms with Gasteiger partial charge >= 0.3 is 0 Å². The molecule has 3 saturated heterocycles. The van der Waals surface area contributed by atoms with Crippen LogP contribution in [-0.4, -0.2) is 89.2 Å². The summed E-state index contributed by atoms with van der Waals surface area (Å²) in [7, 11) is 1.56. The van der Waals surface area contributed by atoms with E-state index in [4.69, 9.17) is 20.6 Å². The Bertz CT molecular complexity index is 1330. The first kappa shape index (κ1) is 26.7. The molecular formula is C30H39N7O3. The number of hydrogen-bond donors (Lipinski definition) is 3. The van der Waals surface area contributed by atoms with Crippen molar-refractivity contribution in [1.82, 2.24) is 25.0 Å². The molecule has 40 heavy (non-hydrogen) atoms. The Morgan fingerprint density at radius 1 is 1.02 bits per heavy atom. The van der Waals surface area contributed by atoms with E-state index in [0.29, 0.717) is 54.4 Å². The predicted octanol–water partition coefficient (Wildman–Crippen LogP) is 2.68. The van der Waals surface area contributed by atoms with Gasteiger partial charge in [-0.15, -0.1) is 0 Å². The van der Waals surface area contributed by atoms with Gasteiger partial charge < -0.3 is 30.7 Å². The number of ether oxygens (including phenoxy) is 1. The number of aliphatic hydroxyl groups is 1. The first-order chi connectivity index (χ1) is 19.5. The Labute approximate surface area is 235 Å². The minimum absolute atomic E-state index is 0.246. The van der Waals surface area contributed by atoms with Crippen molar-refractivity contribution in [1.29, 1.82) is 0 Å². The normalized spacial score (nSPS) is 21.1. The molecule has 212 valence electrons. The van der Waals surface area contributed by atoms with Gasteiger partial charge in [-0.25, -0.2) is 4.98 Å². The molecule has 0 radical (unpaired) electrons. The second kappa shape index (κ2) is 11.6. The molecule has 1 amide bonds. The Hall–Kier alpha value is -3.47. The molecule has 1 aromatic carbocycles. The molecule has 5 heterocycles. The Morgan fingerprint density at radius 2 is 1.77 bits per heavy atom. The number of methoxy groups -OCH3 is 1. The SMILES string of the molecule is COc1c(C(N)=O)c(-c2ccccc2)nc(N2CC[C@@H](O)C2)c1-c1cnn(C2CCN(C3CCNCC3)CC2)c1. The van der Waals surface area contributed by atoms with Crippen molar-refractivity contribution in [3.8, 4) is 28.1 Å². The molecule has 10 nitrogen and oxygen atoms in total. The number of benzene rings is 1. The molecular weight excluding hydrogens is 506 g/mol. The van der Waals surface area contributed by atoms with Crippen LogP contribution in [-0.2, 0) is 0 Å². The van der Waals surface area contributed by atoms with E-state index in [1.165, 1.54) is 12.8 Å². The molecule has 1 atom stereocenters. The average molecular weight is 546 g/mol. The third-order valence-electron chi connectivity index (χ3n) is 8.68. The average Bonchev–Trinajstić information content (AvgIpc) is 3.66. The molecule has 4 N–H and O–H groups in total. The highest BCUT2D eigenvalue weighted by Gasteiger charge is 2.33. The van der Waals surface area contributed by atoms with Crippen molar-refractivity contribution >= 4 is 11.7 Å². The van der Waals surface area contributed by atoms with Gasteiger partial charge in [0.05, 0.1) is 36.7 Å². The minimum atomic E-state index is -0.602. The van der Waals surface area contributed by atoms with Crippen LogP contribution in [0.1, 0.15) is 48.5 Å². The van der Waals surface area contributed by atoms with Crippen LogP contribution in [0.15, 0.2) is 42.7 Å². The molecule has 3 aromatic rings. The molecule has 6 rings (SSSR count). The molecule has 3 aliphatic rings. The number of piperidine rings is 2. The van der Waals surface area contributed by atoms with Crippen molar-refractivity contribution < 1.29 is 14.6 Å². The number of nitrogens with two attached hydrogens (primary N) is 1. The quantitative estimate of drug-likeness (QED) is 0.414. The zero-order valence-corrected chi connectivity index (χ0v) is 23.1. The van der Waals surface area contributed by atoms with E-state index in [1.807, 2.05) is 42.7 Å². The highest BCUT2D eigenvalue weighted by atomic mass is 16.5. The van der Waals surface area contributed by atoms with E-state index in [2.05, 4.69) is 19.8 Å². The maximum atomic E-state index is 12.9. The molecule has 3 aliphatic heterocycles. The number of aromatic nitrogens is 3. The first-order valence-electron chi connectivity index (χ1n) is 14.4. The summed E-state index contributed by atoms with van der Waals surface area (Å²) >= 11 is 0. The Morgan fingerprint density at radius 3 is 2.42 bits per heavy atom. The molecule has 0 spiro atoms. The minimum Gasteiger partial charge on any atom is -0.495 e. The molecule has 2 aromatic heterocycles. The fourth-order valence-corrected chi connectivity index (χ4v) is 6.57. The largest absolute Gasteiger partial charge is 0.495 e. The summed E-state index contributed by atoms with van der Waals surface area (Å²) in [5.41, 5.74) is 8.96. The van der Waals surface area contributed by atoms with Gasteiger partial charge in [0, 0.05) is 49.5 Å². The summed E-state index contributed by atoms with van der Waals surface area (Å²) < 4.78 is 8.00. The van der Waals surface area contributed by atoms with Crippen LogP contribution >= 0.6 is 0 Å². The summed E-state index contributed by atoms with van der Waals surface area (Å²) in [5.74, 6) is 0.450. The smallest absolute Gasteiger partial charge is 0.254 e. The lowest BCUT2D eigenvalue weighted by atomic mass is 9.98. The highest BCUT2D eigenvalue weighted by molar-refractivity contribution is 6.05. The maximum Gasteiger partial charge on any atom is 0.254 e. The number of β-amino-alcohol motifs (C(OH)–C–C–N with tert-alkyl or cyclic N) is 1. The second-order valence-electron chi connectivity index (χ2n) is 11.1. The maximum absolute atomic E-state index is 12.9. The fraction of sp³-hybridized carbons (Fsp3) is 0.500. The molecule has 0 bridgehead atoms. The Kier molecular flexibility index (Phi) is 7.73. The van der Waals surface area contributed by atoms with Gasteiger partial charge in [0.15, 0.2) is 0 Å². The van der Waals surface area contributed by atoms with E-state index < -0.39 is 12.0 Å². The van der Waals surface area contributed by atoms with Crippen LogP contribution < -0.4 is 20.7 Å². The van der Waals surface area contributed by atoms with Crippen LogP contribution in [0, 0.1) is 0 Å². The number of anilines is 1. The lowest BCUT2D eigenvalue weighted by Gasteiger charge is -2.39. The summed E-state index contributed by atoms with van der Waals surface area (Å²) in [5, 5.41) is 18.6. The monoisotopic (exact) mass is 545 g/mol. The van der Waals surface area contributed by atoms with Gasteiger partial charge in [0.2, 0.25) is 0 Å². The van der Waals surface area contributed by atoms with Gasteiger partial charge in [-0.05, 0) is 45.2 Å². The molecule has 0 saturated carbocycles. The molecule has 3 fully saturated rings. The molecule has 0 unspecified atom stereocenters. The number of carbonyl (C=O) groups is 1. The van der Waals surface area contributed by atoms with Crippen LogP contribution in [0.2, 0.25) is 0 Å². The number of hydrogen-bond acceptors (Lipinski definition) is 8. The summed E-state index contributed by atoms with van der Waals surface area (Å²) in [6.45, 7) is 5.47. The van der Waals surface area contributed by atoms with Gasteiger partial charge in [-0.3, -0.25) is 9.48 Å². The van der Waals surface area contributed by atoms with Gasteiger partial charge in [0.1, 0.15) is 17.1 Å². The number of nitrogens with one attached hydrogen (secondary N) is 1. The van der Waals surface area contributed by atoms with E-state index >= 15 is 0 Å². The number of amides is 1. The Balaban J connectivity index is 1.37. The van der Waals surface area contributed by atoms with Crippen molar-refractivity contribution in [2.75, 3.05) is 51.3 Å². The number of rotatable bonds is 7. The van der Waals surface area contributed by atoms with Gasteiger partial charge in [-0.2, -0.15) is 5.10 Å².